The van der Waals surface area contributed by atoms with Gasteiger partial charge in [-0.2, -0.15) is 5.10 Å². The molecule has 1 aliphatic rings. The molecule has 31 heavy (non-hydrogen) atoms. The summed E-state index contributed by atoms with van der Waals surface area (Å²) in [5.74, 6) is -0.956. The maximum atomic E-state index is 13.4. The van der Waals surface area contributed by atoms with Crippen LogP contribution in [0.25, 0.3) is 0 Å². The number of likely N-dealkylation sites (N-methyl/N-ethyl adjacent to an activating group) is 1. The zero-order valence-corrected chi connectivity index (χ0v) is 18.8. The Morgan fingerprint density at radius 1 is 1.32 bits per heavy atom. The van der Waals surface area contributed by atoms with E-state index < -0.39 is 11.3 Å². The SMILES string of the molecule is COCCN1C(=O)CC(CC(=O)N(C)CCc2cnn(C)c2)(c2ccccc2Cl)C1=O. The third-order valence-electron chi connectivity index (χ3n) is 5.69. The summed E-state index contributed by atoms with van der Waals surface area (Å²) in [5.41, 5.74) is 0.202. The molecule has 9 heteroatoms. The second-order valence-corrected chi connectivity index (χ2v) is 8.25. The van der Waals surface area contributed by atoms with Crippen LogP contribution in [0, 0.1) is 0 Å². The average molecular weight is 447 g/mol. The molecule has 3 amide bonds. The van der Waals surface area contributed by atoms with Crippen LogP contribution in [0.2, 0.25) is 5.02 Å². The number of methoxy groups -OCH3 is 1. The molecule has 3 rings (SSSR count). The summed E-state index contributed by atoms with van der Waals surface area (Å²) in [6.07, 6.45) is 4.07. The highest BCUT2D eigenvalue weighted by atomic mass is 35.5. The smallest absolute Gasteiger partial charge is 0.241 e. The molecule has 2 aromatic rings. The average Bonchev–Trinajstić information content (AvgIpc) is 3.26. The molecule has 0 saturated carbocycles. The summed E-state index contributed by atoms with van der Waals surface area (Å²) < 4.78 is 6.75. The molecular formula is C22H27ClN4O4. The number of halogens is 1. The number of carbonyl (C=O) groups is 3. The first-order chi connectivity index (χ1) is 14.8. The Morgan fingerprint density at radius 3 is 2.71 bits per heavy atom. The van der Waals surface area contributed by atoms with Gasteiger partial charge >= 0.3 is 0 Å². The van der Waals surface area contributed by atoms with Crippen LogP contribution in [-0.4, -0.2) is 71.2 Å². The fraction of sp³-hybridized carbons (Fsp3) is 0.455. The van der Waals surface area contributed by atoms with Crippen molar-refractivity contribution in [1.82, 2.24) is 19.6 Å². The molecule has 8 nitrogen and oxygen atoms in total. The number of aromatic nitrogens is 2. The topological polar surface area (TPSA) is 84.7 Å². The Bertz CT molecular complexity index is 976. The highest BCUT2D eigenvalue weighted by Crippen LogP contribution is 2.43. The summed E-state index contributed by atoms with van der Waals surface area (Å²) in [4.78, 5) is 42.1. The molecule has 0 radical (unpaired) electrons. The lowest BCUT2D eigenvalue weighted by Crippen LogP contribution is -2.44. The largest absolute Gasteiger partial charge is 0.383 e. The summed E-state index contributed by atoms with van der Waals surface area (Å²) in [6, 6.07) is 6.90. The number of rotatable bonds is 9. The Hall–Kier alpha value is -2.71. The van der Waals surface area contributed by atoms with Gasteiger partial charge in [0.25, 0.3) is 0 Å². The maximum absolute atomic E-state index is 13.4. The third-order valence-corrected chi connectivity index (χ3v) is 6.02. The number of ether oxygens (including phenoxy) is 1. The molecule has 1 atom stereocenters. The van der Waals surface area contributed by atoms with Gasteiger partial charge in [-0.05, 0) is 23.6 Å². The number of carbonyl (C=O) groups excluding carboxylic acids is 3. The fourth-order valence-electron chi connectivity index (χ4n) is 3.92. The van der Waals surface area contributed by atoms with Crippen LogP contribution < -0.4 is 0 Å². The summed E-state index contributed by atoms with van der Waals surface area (Å²) >= 11 is 6.42. The molecule has 0 aliphatic carbocycles. The molecular weight excluding hydrogens is 420 g/mol. The van der Waals surface area contributed by atoms with Crippen LogP contribution in [0.5, 0.6) is 0 Å². The van der Waals surface area contributed by atoms with E-state index in [0.29, 0.717) is 23.6 Å². The van der Waals surface area contributed by atoms with E-state index in [0.717, 1.165) is 5.56 Å². The van der Waals surface area contributed by atoms with Crippen molar-refractivity contribution in [1.29, 1.82) is 0 Å². The zero-order chi connectivity index (χ0) is 22.6. The highest BCUT2D eigenvalue weighted by molar-refractivity contribution is 6.32. The second kappa shape index (κ2) is 9.62. The van der Waals surface area contributed by atoms with E-state index in [4.69, 9.17) is 16.3 Å². The van der Waals surface area contributed by atoms with Gasteiger partial charge in [0, 0.05) is 51.8 Å². The lowest BCUT2D eigenvalue weighted by Gasteiger charge is -2.30. The van der Waals surface area contributed by atoms with Gasteiger partial charge in [0.05, 0.1) is 24.8 Å². The van der Waals surface area contributed by atoms with E-state index in [9.17, 15) is 14.4 Å². The summed E-state index contributed by atoms with van der Waals surface area (Å²) in [7, 11) is 5.04. The molecule has 1 unspecified atom stereocenters. The van der Waals surface area contributed by atoms with Crippen LogP contribution in [0.1, 0.15) is 24.0 Å². The highest BCUT2D eigenvalue weighted by Gasteiger charge is 2.54. The van der Waals surface area contributed by atoms with Crippen LogP contribution in [0.15, 0.2) is 36.7 Å². The van der Waals surface area contributed by atoms with Crippen molar-refractivity contribution in [2.24, 2.45) is 7.05 Å². The van der Waals surface area contributed by atoms with Crippen LogP contribution >= 0.6 is 11.6 Å². The van der Waals surface area contributed by atoms with Gasteiger partial charge in [0.2, 0.25) is 17.7 Å². The number of hydrogen-bond donors (Lipinski definition) is 0. The maximum Gasteiger partial charge on any atom is 0.241 e. The van der Waals surface area contributed by atoms with E-state index in [1.165, 1.54) is 12.0 Å². The van der Waals surface area contributed by atoms with Crippen LogP contribution in [0.3, 0.4) is 0 Å². The fourth-order valence-corrected chi connectivity index (χ4v) is 4.23. The van der Waals surface area contributed by atoms with Crippen LogP contribution in [0.4, 0.5) is 0 Å². The molecule has 1 saturated heterocycles. The molecule has 1 aromatic carbocycles. The van der Waals surface area contributed by atoms with Crippen molar-refractivity contribution in [3.63, 3.8) is 0 Å². The molecule has 2 heterocycles. The van der Waals surface area contributed by atoms with Gasteiger partial charge in [0.1, 0.15) is 0 Å². The van der Waals surface area contributed by atoms with Gasteiger partial charge in [-0.3, -0.25) is 24.0 Å². The normalized spacial score (nSPS) is 18.6. The Labute approximate surface area is 186 Å². The number of nitrogens with zero attached hydrogens (tertiary/aromatic N) is 4. The molecule has 0 N–H and O–H groups in total. The van der Waals surface area contributed by atoms with Gasteiger partial charge in [0.15, 0.2) is 0 Å². The van der Waals surface area contributed by atoms with Gasteiger partial charge in [-0.1, -0.05) is 29.8 Å². The van der Waals surface area contributed by atoms with E-state index in [-0.39, 0.29) is 37.8 Å². The van der Waals surface area contributed by atoms with E-state index in [1.54, 1.807) is 47.1 Å². The van der Waals surface area contributed by atoms with Crippen molar-refractivity contribution < 1.29 is 19.1 Å². The Kier molecular flexibility index (Phi) is 7.12. The molecule has 1 aliphatic heterocycles. The molecule has 1 fully saturated rings. The number of aryl methyl sites for hydroxylation is 1. The lowest BCUT2D eigenvalue weighted by atomic mass is 9.75. The number of hydrogen-bond acceptors (Lipinski definition) is 5. The Morgan fingerprint density at radius 2 is 2.06 bits per heavy atom. The second-order valence-electron chi connectivity index (χ2n) is 7.85. The summed E-state index contributed by atoms with van der Waals surface area (Å²) in [6.45, 7) is 0.846. The zero-order valence-electron chi connectivity index (χ0n) is 18.0. The van der Waals surface area contributed by atoms with Crippen molar-refractivity contribution in [3.8, 4) is 0 Å². The first kappa shape index (κ1) is 23.0. The quantitative estimate of drug-likeness (QED) is 0.548. The van der Waals surface area contributed by atoms with E-state index in [1.807, 2.05) is 13.2 Å². The van der Waals surface area contributed by atoms with Crippen molar-refractivity contribution >= 4 is 29.3 Å². The first-order valence-electron chi connectivity index (χ1n) is 10.1. The predicted octanol–water partition coefficient (Wildman–Crippen LogP) is 1.81. The number of likely N-dealkylation sites (tertiary alicyclic amines) is 1. The van der Waals surface area contributed by atoms with E-state index >= 15 is 0 Å². The third kappa shape index (κ3) is 4.80. The lowest BCUT2D eigenvalue weighted by molar-refractivity contribution is -0.143. The van der Waals surface area contributed by atoms with Gasteiger partial charge < -0.3 is 9.64 Å². The van der Waals surface area contributed by atoms with E-state index in [2.05, 4.69) is 5.10 Å². The van der Waals surface area contributed by atoms with Gasteiger partial charge in [-0.15, -0.1) is 0 Å². The molecule has 0 bridgehead atoms. The molecule has 0 spiro atoms. The standard InChI is InChI=1S/C22H27ClN4O4/c1-25(9-8-16-14-24-26(2)15-16)19(28)12-22(17-6-4-5-7-18(17)23)13-20(29)27(21(22)30)10-11-31-3/h4-7,14-15H,8-13H2,1-3H3. The Balaban J connectivity index is 1.84. The number of imide groups is 1. The molecule has 1 aromatic heterocycles. The van der Waals surface area contributed by atoms with Crippen molar-refractivity contribution in [2.75, 3.05) is 33.9 Å². The monoisotopic (exact) mass is 446 g/mol. The van der Waals surface area contributed by atoms with Crippen LogP contribution in [-0.2, 0) is 38.0 Å². The van der Waals surface area contributed by atoms with Gasteiger partial charge in [-0.25, -0.2) is 0 Å². The molecule has 166 valence electrons. The predicted molar refractivity (Wildman–Crippen MR) is 116 cm³/mol. The van der Waals surface area contributed by atoms with Crippen molar-refractivity contribution in [3.05, 3.63) is 52.8 Å². The minimum absolute atomic E-state index is 0.0958. The first-order valence-corrected chi connectivity index (χ1v) is 10.5. The number of benzene rings is 1. The minimum atomic E-state index is -1.32. The van der Waals surface area contributed by atoms with Crippen molar-refractivity contribution in [2.45, 2.75) is 24.7 Å². The number of amides is 3. The summed E-state index contributed by atoms with van der Waals surface area (Å²) in [5, 5.41) is 4.50. The minimum Gasteiger partial charge on any atom is -0.383 e.